The van der Waals surface area contributed by atoms with Crippen LogP contribution in [0.4, 0.5) is 0 Å². The van der Waals surface area contributed by atoms with Gasteiger partial charge >= 0.3 is 0 Å². The number of hydrogen-bond donors (Lipinski definition) is 1. The Labute approximate surface area is 124 Å². The largest absolute Gasteiger partial charge is 0.493 e. The van der Waals surface area contributed by atoms with Crippen molar-refractivity contribution < 1.29 is 9.53 Å². The minimum atomic E-state index is -0.566. The molecule has 0 aromatic heterocycles. The van der Waals surface area contributed by atoms with E-state index in [1.807, 2.05) is 38.1 Å². The predicted octanol–water partition coefficient (Wildman–Crippen LogP) is 3.12. The number of nitrogens with one attached hydrogen (secondary N) is 1. The first kappa shape index (κ1) is 16.1. The molecule has 1 N–H and O–H groups in total. The second-order valence-corrected chi connectivity index (χ2v) is 5.33. The number of ether oxygens (including phenoxy) is 1. The highest BCUT2D eigenvalue weighted by molar-refractivity contribution is 6.22. The smallest absolute Gasteiger partial charge is 0.223 e. The van der Waals surface area contributed by atoms with Crippen molar-refractivity contribution in [2.75, 3.05) is 18.4 Å². The average Bonchev–Trinajstić information content (AvgIpc) is 2.38. The van der Waals surface area contributed by atoms with Gasteiger partial charge in [-0.25, -0.2) is 0 Å². The first-order chi connectivity index (χ1) is 8.99. The predicted molar refractivity (Wildman–Crippen MR) is 79.3 cm³/mol. The molecule has 1 aromatic rings. The fourth-order valence-corrected chi connectivity index (χ4v) is 1.89. The van der Waals surface area contributed by atoms with Crippen molar-refractivity contribution in [2.45, 2.75) is 25.8 Å². The van der Waals surface area contributed by atoms with Crippen LogP contribution in [0.25, 0.3) is 0 Å². The van der Waals surface area contributed by atoms with Crippen molar-refractivity contribution in [1.29, 1.82) is 0 Å². The summed E-state index contributed by atoms with van der Waals surface area (Å²) in [6.07, 6.45) is 0.275. The Balaban J connectivity index is 2.35. The Morgan fingerprint density at radius 3 is 2.63 bits per heavy atom. The van der Waals surface area contributed by atoms with Crippen LogP contribution in [0.5, 0.6) is 5.75 Å². The number of rotatable bonds is 7. The van der Waals surface area contributed by atoms with Gasteiger partial charge in [0.05, 0.1) is 18.6 Å². The van der Waals surface area contributed by atoms with Gasteiger partial charge in [0.1, 0.15) is 5.75 Å². The van der Waals surface area contributed by atoms with Gasteiger partial charge in [0.25, 0.3) is 0 Å². The zero-order chi connectivity index (χ0) is 14.3. The van der Waals surface area contributed by atoms with Crippen LogP contribution in [-0.4, -0.2) is 29.8 Å². The van der Waals surface area contributed by atoms with Gasteiger partial charge in [-0.15, -0.1) is 23.2 Å². The summed E-state index contributed by atoms with van der Waals surface area (Å²) < 4.78 is 5.51. The molecule has 1 rings (SSSR count). The maximum absolute atomic E-state index is 11.7. The van der Waals surface area contributed by atoms with E-state index in [-0.39, 0.29) is 24.1 Å². The molecule has 1 aromatic carbocycles. The third-order valence-corrected chi connectivity index (χ3v) is 3.80. The Morgan fingerprint density at radius 1 is 1.37 bits per heavy atom. The second kappa shape index (κ2) is 7.61. The van der Waals surface area contributed by atoms with E-state index in [0.29, 0.717) is 6.61 Å². The summed E-state index contributed by atoms with van der Waals surface area (Å²) in [5, 5.41) is 2.81. The molecule has 19 heavy (non-hydrogen) atoms. The molecule has 3 nitrogen and oxygen atoms in total. The summed E-state index contributed by atoms with van der Waals surface area (Å²) in [5.74, 6) is 1.21. The lowest BCUT2D eigenvalue weighted by atomic mass is 10.1. The molecule has 0 bridgehead atoms. The Bertz CT molecular complexity index is 420. The lowest BCUT2D eigenvalue weighted by Crippen LogP contribution is -2.49. The average molecular weight is 304 g/mol. The number of hydrogen-bond acceptors (Lipinski definition) is 2. The Kier molecular flexibility index (Phi) is 6.46. The molecule has 0 aliphatic carbocycles. The van der Waals surface area contributed by atoms with Crippen LogP contribution in [0.2, 0.25) is 0 Å². The quantitative estimate of drug-likeness (QED) is 0.786. The van der Waals surface area contributed by atoms with E-state index in [4.69, 9.17) is 27.9 Å². The van der Waals surface area contributed by atoms with Crippen LogP contribution in [0.15, 0.2) is 24.3 Å². The fraction of sp³-hybridized carbons (Fsp3) is 0.500. The number of carbonyl (C=O) groups excluding carboxylic acids is 1. The third kappa shape index (κ3) is 5.70. The van der Waals surface area contributed by atoms with Crippen LogP contribution < -0.4 is 10.1 Å². The molecule has 0 spiro atoms. The molecule has 106 valence electrons. The minimum absolute atomic E-state index is 0.114. The number of alkyl halides is 2. The molecule has 0 atom stereocenters. The van der Waals surface area contributed by atoms with Gasteiger partial charge in [-0.3, -0.25) is 4.79 Å². The second-order valence-electron chi connectivity index (χ2n) is 4.79. The lowest BCUT2D eigenvalue weighted by Gasteiger charge is -2.25. The first-order valence-electron chi connectivity index (χ1n) is 6.11. The molecule has 0 heterocycles. The summed E-state index contributed by atoms with van der Waals surface area (Å²) in [7, 11) is 0. The van der Waals surface area contributed by atoms with Gasteiger partial charge in [-0.05, 0) is 31.5 Å². The monoisotopic (exact) mass is 303 g/mol. The molecule has 0 aliphatic heterocycles. The summed E-state index contributed by atoms with van der Waals surface area (Å²) in [6.45, 7) is 4.13. The number of aryl methyl sites for hydroxylation is 1. The van der Waals surface area contributed by atoms with Gasteiger partial charge in [0, 0.05) is 11.8 Å². The zero-order valence-electron chi connectivity index (χ0n) is 11.2. The van der Waals surface area contributed by atoms with E-state index < -0.39 is 5.54 Å². The van der Waals surface area contributed by atoms with Crippen LogP contribution >= 0.6 is 23.2 Å². The zero-order valence-corrected chi connectivity index (χ0v) is 12.7. The highest BCUT2D eigenvalue weighted by Gasteiger charge is 2.23. The van der Waals surface area contributed by atoms with E-state index in [9.17, 15) is 4.79 Å². The van der Waals surface area contributed by atoms with E-state index in [2.05, 4.69) is 5.32 Å². The molecule has 0 saturated heterocycles. The molecule has 1 amide bonds. The van der Waals surface area contributed by atoms with Crippen molar-refractivity contribution in [3.8, 4) is 5.75 Å². The summed E-state index contributed by atoms with van der Waals surface area (Å²) in [6, 6.07) is 7.71. The van der Waals surface area contributed by atoms with Crippen molar-refractivity contribution in [3.63, 3.8) is 0 Å². The highest BCUT2D eigenvalue weighted by atomic mass is 35.5. The van der Waals surface area contributed by atoms with Gasteiger partial charge < -0.3 is 10.1 Å². The molecular formula is C14H19Cl2NO2. The standard InChI is InChI=1S/C14H19Cl2NO2/c1-11-4-3-5-12(8-11)19-7-6-13(18)17-14(2,9-15)10-16/h3-5,8H,6-7,9-10H2,1-2H3,(H,17,18). The lowest BCUT2D eigenvalue weighted by molar-refractivity contribution is -0.122. The van der Waals surface area contributed by atoms with Gasteiger partial charge in [0.15, 0.2) is 0 Å². The molecule has 0 fully saturated rings. The van der Waals surface area contributed by atoms with Crippen LogP contribution in [-0.2, 0) is 4.79 Å². The highest BCUT2D eigenvalue weighted by Crippen LogP contribution is 2.13. The van der Waals surface area contributed by atoms with Gasteiger partial charge in [0.2, 0.25) is 5.91 Å². The van der Waals surface area contributed by atoms with Crippen molar-refractivity contribution in [3.05, 3.63) is 29.8 Å². The Morgan fingerprint density at radius 2 is 2.05 bits per heavy atom. The fourth-order valence-electron chi connectivity index (χ4n) is 1.47. The normalized spacial score (nSPS) is 11.2. The molecular weight excluding hydrogens is 285 g/mol. The van der Waals surface area contributed by atoms with Crippen molar-refractivity contribution >= 4 is 29.1 Å². The maximum atomic E-state index is 11.7. The number of amides is 1. The van der Waals surface area contributed by atoms with E-state index in [0.717, 1.165) is 11.3 Å². The summed E-state index contributed by atoms with van der Waals surface area (Å²) >= 11 is 11.5. The van der Waals surface area contributed by atoms with E-state index in [1.165, 1.54) is 0 Å². The molecule has 5 heteroatoms. The molecule has 0 saturated carbocycles. The Hall–Kier alpha value is -0.930. The SMILES string of the molecule is Cc1cccc(OCCC(=O)NC(C)(CCl)CCl)c1. The molecule has 0 unspecified atom stereocenters. The van der Waals surface area contributed by atoms with Crippen molar-refractivity contribution in [1.82, 2.24) is 5.32 Å². The third-order valence-electron chi connectivity index (χ3n) is 2.62. The summed E-state index contributed by atoms with van der Waals surface area (Å²) in [4.78, 5) is 11.7. The number of carbonyl (C=O) groups is 1. The first-order valence-corrected chi connectivity index (χ1v) is 7.18. The van der Waals surface area contributed by atoms with E-state index in [1.54, 1.807) is 0 Å². The van der Waals surface area contributed by atoms with Crippen LogP contribution in [0.1, 0.15) is 18.9 Å². The number of benzene rings is 1. The molecule has 0 aliphatic rings. The molecule has 0 radical (unpaired) electrons. The van der Waals surface area contributed by atoms with E-state index >= 15 is 0 Å². The van der Waals surface area contributed by atoms with Crippen LogP contribution in [0.3, 0.4) is 0 Å². The van der Waals surface area contributed by atoms with Gasteiger partial charge in [-0.2, -0.15) is 0 Å². The maximum Gasteiger partial charge on any atom is 0.223 e. The summed E-state index contributed by atoms with van der Waals surface area (Å²) in [5.41, 5.74) is 0.558. The van der Waals surface area contributed by atoms with Gasteiger partial charge in [-0.1, -0.05) is 12.1 Å². The number of halogens is 2. The van der Waals surface area contributed by atoms with Crippen LogP contribution in [0, 0.1) is 6.92 Å². The van der Waals surface area contributed by atoms with Crippen molar-refractivity contribution in [2.24, 2.45) is 0 Å². The topological polar surface area (TPSA) is 38.3 Å². The minimum Gasteiger partial charge on any atom is -0.493 e.